The van der Waals surface area contributed by atoms with Crippen LogP contribution in [-0.2, 0) is 4.79 Å². The molecule has 0 aromatic heterocycles. The zero-order valence-corrected chi connectivity index (χ0v) is 12.3. The van der Waals surface area contributed by atoms with Gasteiger partial charge in [-0.2, -0.15) is 0 Å². The maximum atomic E-state index is 12.0. The average molecular weight is 299 g/mol. The molecule has 3 rings (SSSR count). The molecule has 1 heterocycles. The molecule has 0 saturated carbocycles. The number of para-hydroxylation sites is 1. The Morgan fingerprint density at radius 2 is 1.82 bits per heavy atom. The van der Waals surface area contributed by atoms with Crippen molar-refractivity contribution in [3.8, 4) is 17.2 Å². The fourth-order valence-corrected chi connectivity index (χ4v) is 2.18. The first-order valence-electron chi connectivity index (χ1n) is 7.10. The minimum absolute atomic E-state index is 0.0438. The summed E-state index contributed by atoms with van der Waals surface area (Å²) in [7, 11) is 0. The number of carbonyl (C=O) groups excluding carboxylic acids is 1. The third-order valence-electron chi connectivity index (χ3n) is 3.28. The molecule has 0 spiro atoms. The molecule has 5 nitrogen and oxygen atoms in total. The van der Waals surface area contributed by atoms with Crippen LogP contribution in [0.2, 0.25) is 0 Å². The molecule has 0 unspecified atom stereocenters. The van der Waals surface area contributed by atoms with Gasteiger partial charge in [0.15, 0.2) is 18.1 Å². The Bertz CT molecular complexity index is 670. The van der Waals surface area contributed by atoms with Crippen molar-refractivity contribution >= 4 is 11.6 Å². The van der Waals surface area contributed by atoms with Crippen LogP contribution in [0.1, 0.15) is 5.56 Å². The Labute approximate surface area is 128 Å². The zero-order chi connectivity index (χ0) is 15.4. The van der Waals surface area contributed by atoms with Gasteiger partial charge in [0, 0.05) is 11.8 Å². The van der Waals surface area contributed by atoms with E-state index in [4.69, 9.17) is 14.2 Å². The summed E-state index contributed by atoms with van der Waals surface area (Å²) < 4.78 is 16.5. The second-order valence-corrected chi connectivity index (χ2v) is 4.96. The summed E-state index contributed by atoms with van der Waals surface area (Å²) in [5.41, 5.74) is 1.61. The first kappa shape index (κ1) is 14.3. The van der Waals surface area contributed by atoms with E-state index in [0.29, 0.717) is 36.1 Å². The van der Waals surface area contributed by atoms with E-state index < -0.39 is 0 Å². The summed E-state index contributed by atoms with van der Waals surface area (Å²) in [4.78, 5) is 12.0. The van der Waals surface area contributed by atoms with Crippen molar-refractivity contribution in [3.05, 3.63) is 48.0 Å². The first-order chi connectivity index (χ1) is 10.7. The molecule has 0 atom stereocenters. The number of nitrogens with one attached hydrogen (secondary N) is 1. The Morgan fingerprint density at radius 1 is 1.14 bits per heavy atom. The van der Waals surface area contributed by atoms with Crippen LogP contribution in [0.25, 0.3) is 0 Å². The van der Waals surface area contributed by atoms with Crippen LogP contribution in [0.3, 0.4) is 0 Å². The van der Waals surface area contributed by atoms with Crippen molar-refractivity contribution in [3.63, 3.8) is 0 Å². The first-order valence-corrected chi connectivity index (χ1v) is 7.10. The molecule has 2 aromatic rings. The number of carbonyl (C=O) groups is 1. The van der Waals surface area contributed by atoms with Crippen LogP contribution < -0.4 is 19.5 Å². The van der Waals surface area contributed by atoms with Gasteiger partial charge in [-0.05, 0) is 30.7 Å². The Morgan fingerprint density at radius 3 is 2.55 bits per heavy atom. The Hall–Kier alpha value is -2.69. The number of fused-ring (bicyclic) bond motifs is 1. The van der Waals surface area contributed by atoms with E-state index in [-0.39, 0.29) is 12.5 Å². The topological polar surface area (TPSA) is 56.8 Å². The van der Waals surface area contributed by atoms with E-state index in [2.05, 4.69) is 5.32 Å². The molecule has 1 aliphatic rings. The number of rotatable bonds is 4. The van der Waals surface area contributed by atoms with Crippen LogP contribution in [0.4, 0.5) is 5.69 Å². The lowest BCUT2D eigenvalue weighted by molar-refractivity contribution is -0.118. The summed E-state index contributed by atoms with van der Waals surface area (Å²) in [5, 5.41) is 2.83. The normalized spacial score (nSPS) is 12.6. The van der Waals surface area contributed by atoms with Crippen molar-refractivity contribution in [2.45, 2.75) is 6.92 Å². The van der Waals surface area contributed by atoms with Gasteiger partial charge < -0.3 is 19.5 Å². The minimum Gasteiger partial charge on any atom is -0.486 e. The van der Waals surface area contributed by atoms with Crippen LogP contribution >= 0.6 is 0 Å². The molecule has 114 valence electrons. The highest BCUT2D eigenvalue weighted by Crippen LogP contribution is 2.35. The number of amides is 1. The SMILES string of the molecule is Cc1cc2c(cc1NC(=O)COc1ccccc1)OCCO2. The molecule has 2 aromatic carbocycles. The van der Waals surface area contributed by atoms with Crippen molar-refractivity contribution in [2.24, 2.45) is 0 Å². The molecular weight excluding hydrogens is 282 g/mol. The lowest BCUT2D eigenvalue weighted by Gasteiger charge is -2.20. The third kappa shape index (κ3) is 3.31. The van der Waals surface area contributed by atoms with E-state index in [9.17, 15) is 4.79 Å². The van der Waals surface area contributed by atoms with Crippen LogP contribution in [0, 0.1) is 6.92 Å². The maximum Gasteiger partial charge on any atom is 0.262 e. The summed E-state index contributed by atoms with van der Waals surface area (Å²) in [6.45, 7) is 2.92. The van der Waals surface area contributed by atoms with Crippen molar-refractivity contribution < 1.29 is 19.0 Å². The van der Waals surface area contributed by atoms with Gasteiger partial charge in [0.05, 0.1) is 0 Å². The highest BCUT2D eigenvalue weighted by atomic mass is 16.6. The quantitative estimate of drug-likeness (QED) is 0.943. The van der Waals surface area contributed by atoms with Crippen molar-refractivity contribution in [1.29, 1.82) is 0 Å². The van der Waals surface area contributed by atoms with Crippen LogP contribution in [0.15, 0.2) is 42.5 Å². The lowest BCUT2D eigenvalue weighted by atomic mass is 10.1. The van der Waals surface area contributed by atoms with Crippen LogP contribution in [-0.4, -0.2) is 25.7 Å². The summed E-state index contributed by atoms with van der Waals surface area (Å²) in [6.07, 6.45) is 0. The summed E-state index contributed by atoms with van der Waals surface area (Å²) in [6, 6.07) is 12.9. The Balaban J connectivity index is 1.64. The number of benzene rings is 2. The van der Waals surface area contributed by atoms with E-state index in [1.807, 2.05) is 43.3 Å². The minimum atomic E-state index is -0.219. The van der Waals surface area contributed by atoms with E-state index in [0.717, 1.165) is 5.56 Å². The largest absolute Gasteiger partial charge is 0.486 e. The number of hydrogen-bond donors (Lipinski definition) is 1. The highest BCUT2D eigenvalue weighted by Gasteiger charge is 2.15. The van der Waals surface area contributed by atoms with E-state index in [1.165, 1.54) is 0 Å². The molecule has 1 aliphatic heterocycles. The number of ether oxygens (including phenoxy) is 3. The predicted molar refractivity (Wildman–Crippen MR) is 82.7 cm³/mol. The second-order valence-electron chi connectivity index (χ2n) is 4.96. The summed E-state index contributed by atoms with van der Waals surface area (Å²) in [5.74, 6) is 1.80. The highest BCUT2D eigenvalue weighted by molar-refractivity contribution is 5.93. The fourth-order valence-electron chi connectivity index (χ4n) is 2.18. The lowest BCUT2D eigenvalue weighted by Crippen LogP contribution is -2.21. The third-order valence-corrected chi connectivity index (χ3v) is 3.28. The smallest absolute Gasteiger partial charge is 0.262 e. The molecule has 1 N–H and O–H groups in total. The number of aryl methyl sites for hydroxylation is 1. The molecule has 0 radical (unpaired) electrons. The molecule has 5 heteroatoms. The van der Waals surface area contributed by atoms with Gasteiger partial charge in [0.25, 0.3) is 5.91 Å². The molecule has 0 aliphatic carbocycles. The fraction of sp³-hybridized carbons (Fsp3) is 0.235. The van der Waals surface area contributed by atoms with E-state index >= 15 is 0 Å². The number of anilines is 1. The van der Waals surface area contributed by atoms with E-state index in [1.54, 1.807) is 6.07 Å². The molecule has 0 saturated heterocycles. The standard InChI is InChI=1S/C17H17NO4/c1-12-9-15-16(21-8-7-20-15)10-14(12)18-17(19)11-22-13-5-3-2-4-6-13/h2-6,9-10H,7-8,11H2,1H3,(H,18,19). The van der Waals surface area contributed by atoms with Gasteiger partial charge in [0.1, 0.15) is 19.0 Å². The molecule has 1 amide bonds. The molecule has 0 bridgehead atoms. The van der Waals surface area contributed by atoms with Gasteiger partial charge in [-0.25, -0.2) is 0 Å². The van der Waals surface area contributed by atoms with Gasteiger partial charge >= 0.3 is 0 Å². The predicted octanol–water partition coefficient (Wildman–Crippen LogP) is 2.78. The average Bonchev–Trinajstić information content (AvgIpc) is 2.55. The zero-order valence-electron chi connectivity index (χ0n) is 12.3. The summed E-state index contributed by atoms with van der Waals surface area (Å²) >= 11 is 0. The molecule has 22 heavy (non-hydrogen) atoms. The monoisotopic (exact) mass is 299 g/mol. The van der Waals surface area contributed by atoms with Crippen LogP contribution in [0.5, 0.6) is 17.2 Å². The Kier molecular flexibility index (Phi) is 4.14. The second kappa shape index (κ2) is 6.39. The molecule has 0 fully saturated rings. The van der Waals surface area contributed by atoms with Crippen molar-refractivity contribution in [2.75, 3.05) is 25.1 Å². The van der Waals surface area contributed by atoms with Gasteiger partial charge in [-0.15, -0.1) is 0 Å². The maximum absolute atomic E-state index is 12.0. The molecular formula is C17H17NO4. The van der Waals surface area contributed by atoms with Gasteiger partial charge in [0.2, 0.25) is 0 Å². The van der Waals surface area contributed by atoms with Gasteiger partial charge in [-0.1, -0.05) is 18.2 Å². The number of hydrogen-bond acceptors (Lipinski definition) is 4. The van der Waals surface area contributed by atoms with Crippen molar-refractivity contribution in [1.82, 2.24) is 0 Å². The van der Waals surface area contributed by atoms with Gasteiger partial charge in [-0.3, -0.25) is 4.79 Å².